The van der Waals surface area contributed by atoms with Crippen LogP contribution in [-0.4, -0.2) is 12.6 Å². The summed E-state index contributed by atoms with van der Waals surface area (Å²) in [5.74, 6) is 0.188. The van der Waals surface area contributed by atoms with Crippen LogP contribution in [0, 0.1) is 17.2 Å². The second kappa shape index (κ2) is 8.05. The van der Waals surface area contributed by atoms with Gasteiger partial charge in [-0.2, -0.15) is 5.26 Å². The van der Waals surface area contributed by atoms with Gasteiger partial charge in [0.25, 0.3) is 0 Å². The lowest BCUT2D eigenvalue weighted by Crippen LogP contribution is -2.01. The first-order valence-corrected chi connectivity index (χ1v) is 5.22. The Balaban J connectivity index is 3.67. The van der Waals surface area contributed by atoms with Crippen molar-refractivity contribution in [3.63, 3.8) is 0 Å². The topological polar surface area (TPSA) is 50.1 Å². The Kier molecular flexibility index (Phi) is 7.35. The van der Waals surface area contributed by atoms with Gasteiger partial charge in [0.15, 0.2) is 0 Å². The molecule has 0 aliphatic carbocycles. The van der Waals surface area contributed by atoms with Crippen molar-refractivity contribution < 1.29 is 9.53 Å². The Morgan fingerprint density at radius 2 is 2.20 bits per heavy atom. The zero-order chi connectivity index (χ0) is 11.7. The fourth-order valence-corrected chi connectivity index (χ4v) is 1.15. The molecule has 15 heavy (non-hydrogen) atoms. The zero-order valence-electron chi connectivity index (χ0n) is 9.75. The number of carbonyl (C=O) groups excluding carboxylic acids is 1. The molecule has 0 aliphatic heterocycles. The lowest BCUT2D eigenvalue weighted by molar-refractivity contribution is -0.139. The van der Waals surface area contributed by atoms with Crippen LogP contribution in [0.4, 0.5) is 0 Å². The van der Waals surface area contributed by atoms with Gasteiger partial charge >= 0.3 is 5.97 Å². The minimum absolute atomic E-state index is 0.249. The number of rotatable bonds is 6. The van der Waals surface area contributed by atoms with Crippen LogP contribution in [-0.2, 0) is 9.53 Å². The third-order valence-electron chi connectivity index (χ3n) is 2.10. The van der Waals surface area contributed by atoms with Gasteiger partial charge in [-0.1, -0.05) is 13.0 Å². The Bertz CT molecular complexity index is 263. The summed E-state index contributed by atoms with van der Waals surface area (Å²) >= 11 is 0. The fraction of sp³-hybridized carbons (Fsp3) is 0.667. The van der Waals surface area contributed by atoms with E-state index >= 15 is 0 Å². The van der Waals surface area contributed by atoms with Gasteiger partial charge in [-0.25, -0.2) is 0 Å². The van der Waals surface area contributed by atoms with E-state index < -0.39 is 0 Å². The number of carbonyl (C=O) groups is 1. The van der Waals surface area contributed by atoms with E-state index in [1.165, 1.54) is 6.92 Å². The molecular weight excluding hydrogens is 190 g/mol. The van der Waals surface area contributed by atoms with Gasteiger partial charge in [0.05, 0.1) is 6.07 Å². The highest BCUT2D eigenvalue weighted by Gasteiger charge is 1.99. The Labute approximate surface area is 91.7 Å². The SMILES string of the molecule is CC(=O)OC/C(C)=C/CCC(C)CC#N. The number of ether oxygens (including phenoxy) is 1. The Morgan fingerprint density at radius 1 is 1.53 bits per heavy atom. The van der Waals surface area contributed by atoms with Crippen molar-refractivity contribution in [3.8, 4) is 6.07 Å². The largest absolute Gasteiger partial charge is 0.461 e. The normalized spacial score (nSPS) is 13.1. The summed E-state index contributed by atoms with van der Waals surface area (Å²) in [6.07, 6.45) is 4.62. The predicted molar refractivity (Wildman–Crippen MR) is 59.0 cm³/mol. The summed E-state index contributed by atoms with van der Waals surface area (Å²) in [6, 6.07) is 2.16. The van der Waals surface area contributed by atoms with E-state index in [0.717, 1.165) is 18.4 Å². The van der Waals surface area contributed by atoms with E-state index in [1.807, 2.05) is 6.92 Å². The van der Waals surface area contributed by atoms with Crippen LogP contribution in [0.3, 0.4) is 0 Å². The number of nitrogens with zero attached hydrogens (tertiary/aromatic N) is 1. The molecular formula is C12H19NO2. The monoisotopic (exact) mass is 209 g/mol. The third-order valence-corrected chi connectivity index (χ3v) is 2.10. The molecule has 3 heteroatoms. The van der Waals surface area contributed by atoms with Crippen molar-refractivity contribution in [3.05, 3.63) is 11.6 Å². The highest BCUT2D eigenvalue weighted by Crippen LogP contribution is 2.10. The fourth-order valence-electron chi connectivity index (χ4n) is 1.15. The standard InChI is InChI=1S/C12H19NO2/c1-10(7-8-13)5-4-6-11(2)9-15-12(3)14/h6,10H,4-5,7,9H2,1-3H3/b11-6+. The van der Waals surface area contributed by atoms with Gasteiger partial charge < -0.3 is 4.74 Å². The van der Waals surface area contributed by atoms with Crippen molar-refractivity contribution in [2.75, 3.05) is 6.61 Å². The molecule has 0 bridgehead atoms. The summed E-state index contributed by atoms with van der Waals surface area (Å²) in [7, 11) is 0. The van der Waals surface area contributed by atoms with Gasteiger partial charge in [-0.15, -0.1) is 0 Å². The van der Waals surface area contributed by atoms with E-state index in [1.54, 1.807) is 0 Å². The average Bonchev–Trinajstić information content (AvgIpc) is 2.15. The van der Waals surface area contributed by atoms with E-state index in [4.69, 9.17) is 10.00 Å². The summed E-state index contributed by atoms with van der Waals surface area (Å²) in [5.41, 5.74) is 1.06. The van der Waals surface area contributed by atoms with Gasteiger partial charge in [0.1, 0.15) is 6.61 Å². The number of hydrogen-bond acceptors (Lipinski definition) is 3. The molecule has 1 unspecified atom stereocenters. The minimum Gasteiger partial charge on any atom is -0.461 e. The summed E-state index contributed by atoms with van der Waals surface area (Å²) < 4.78 is 4.85. The maximum atomic E-state index is 10.5. The molecule has 0 aliphatic rings. The first-order valence-electron chi connectivity index (χ1n) is 5.22. The quantitative estimate of drug-likeness (QED) is 0.499. The summed E-state index contributed by atoms with van der Waals surface area (Å²) in [5, 5.41) is 8.47. The number of nitriles is 1. The van der Waals surface area contributed by atoms with Gasteiger partial charge in [0, 0.05) is 13.3 Å². The van der Waals surface area contributed by atoms with Crippen molar-refractivity contribution in [1.29, 1.82) is 5.26 Å². The lowest BCUT2D eigenvalue weighted by Gasteiger charge is -2.05. The summed E-state index contributed by atoms with van der Waals surface area (Å²) in [6.45, 7) is 5.79. The zero-order valence-corrected chi connectivity index (χ0v) is 9.75. The second-order valence-corrected chi connectivity index (χ2v) is 3.88. The maximum absolute atomic E-state index is 10.5. The van der Waals surface area contributed by atoms with Crippen molar-refractivity contribution >= 4 is 5.97 Å². The van der Waals surface area contributed by atoms with Crippen LogP contribution >= 0.6 is 0 Å². The van der Waals surface area contributed by atoms with Gasteiger partial charge in [0.2, 0.25) is 0 Å². The molecule has 0 spiro atoms. The molecule has 0 fully saturated rings. The molecule has 0 rings (SSSR count). The molecule has 1 atom stereocenters. The molecule has 0 heterocycles. The molecule has 0 N–H and O–H groups in total. The highest BCUT2D eigenvalue weighted by molar-refractivity contribution is 5.66. The van der Waals surface area contributed by atoms with Crippen molar-refractivity contribution in [2.24, 2.45) is 5.92 Å². The molecule has 0 aromatic rings. The number of esters is 1. The molecule has 84 valence electrons. The average molecular weight is 209 g/mol. The maximum Gasteiger partial charge on any atom is 0.302 e. The van der Waals surface area contributed by atoms with Crippen LogP contribution < -0.4 is 0 Å². The Hall–Kier alpha value is -1.30. The molecule has 0 saturated carbocycles. The lowest BCUT2D eigenvalue weighted by atomic mass is 10.0. The van der Waals surface area contributed by atoms with Crippen LogP contribution in [0.25, 0.3) is 0 Å². The first kappa shape index (κ1) is 13.7. The van der Waals surface area contributed by atoms with Crippen molar-refractivity contribution in [2.45, 2.75) is 40.0 Å². The highest BCUT2D eigenvalue weighted by atomic mass is 16.5. The van der Waals surface area contributed by atoms with Gasteiger partial charge in [-0.05, 0) is 31.3 Å². The first-order chi connectivity index (χ1) is 7.06. The van der Waals surface area contributed by atoms with E-state index in [-0.39, 0.29) is 5.97 Å². The Morgan fingerprint density at radius 3 is 2.73 bits per heavy atom. The van der Waals surface area contributed by atoms with E-state index in [9.17, 15) is 4.79 Å². The molecule has 3 nitrogen and oxygen atoms in total. The second-order valence-electron chi connectivity index (χ2n) is 3.88. The number of allylic oxidation sites excluding steroid dienone is 1. The molecule has 0 radical (unpaired) electrons. The molecule has 0 saturated heterocycles. The van der Waals surface area contributed by atoms with Crippen LogP contribution in [0.2, 0.25) is 0 Å². The predicted octanol–water partition coefficient (Wildman–Crippen LogP) is 2.83. The van der Waals surface area contributed by atoms with Crippen LogP contribution in [0.5, 0.6) is 0 Å². The molecule has 0 amide bonds. The smallest absolute Gasteiger partial charge is 0.302 e. The molecule has 0 aromatic carbocycles. The third kappa shape index (κ3) is 9.01. The van der Waals surface area contributed by atoms with E-state index in [2.05, 4.69) is 19.1 Å². The number of hydrogen-bond donors (Lipinski definition) is 0. The van der Waals surface area contributed by atoms with Crippen LogP contribution in [0.1, 0.15) is 40.0 Å². The van der Waals surface area contributed by atoms with E-state index in [0.29, 0.717) is 18.9 Å². The minimum atomic E-state index is -0.249. The van der Waals surface area contributed by atoms with Crippen LogP contribution in [0.15, 0.2) is 11.6 Å². The van der Waals surface area contributed by atoms with Gasteiger partial charge in [-0.3, -0.25) is 4.79 Å². The van der Waals surface area contributed by atoms with Crippen molar-refractivity contribution in [1.82, 2.24) is 0 Å². The molecule has 0 aromatic heterocycles. The summed E-state index contributed by atoms with van der Waals surface area (Å²) in [4.78, 5) is 10.5.